The van der Waals surface area contributed by atoms with E-state index >= 15 is 0 Å². The number of carboxylic acid groups (broad SMARTS) is 1. The van der Waals surface area contributed by atoms with Crippen LogP contribution < -0.4 is 5.73 Å². The molecular formula is C7H18N2O5S. The third kappa shape index (κ3) is 24.7. The van der Waals surface area contributed by atoms with Crippen LogP contribution in [0.5, 0.6) is 0 Å². The number of hydrogen-bond donors (Lipinski definition) is 3. The van der Waals surface area contributed by atoms with E-state index in [-0.39, 0.29) is 12.3 Å². The van der Waals surface area contributed by atoms with E-state index in [4.69, 9.17) is 9.66 Å². The molecule has 0 aliphatic heterocycles. The molecule has 0 saturated heterocycles. The summed E-state index contributed by atoms with van der Waals surface area (Å²) in [6.07, 6.45) is 0.478. The fourth-order valence-electron chi connectivity index (χ4n) is 0.563. The molecule has 0 aromatic carbocycles. The average molecular weight is 242 g/mol. The van der Waals surface area contributed by atoms with Gasteiger partial charge in [-0.05, 0) is 27.1 Å². The number of rotatable bonds is 5. The molecule has 8 heteroatoms. The second kappa shape index (κ2) is 8.60. The topological polar surface area (TPSA) is 121 Å². The zero-order valence-electron chi connectivity index (χ0n) is 8.88. The zero-order valence-corrected chi connectivity index (χ0v) is 9.70. The maximum Gasteiger partial charge on any atom is 0.317 e. The first-order valence-electron chi connectivity index (χ1n) is 4.20. The van der Waals surface area contributed by atoms with Gasteiger partial charge in [0.15, 0.2) is 0 Å². The van der Waals surface area contributed by atoms with Gasteiger partial charge in [0, 0.05) is 0 Å². The highest BCUT2D eigenvalue weighted by Crippen LogP contribution is 1.88. The van der Waals surface area contributed by atoms with Crippen molar-refractivity contribution in [2.24, 2.45) is 5.73 Å². The van der Waals surface area contributed by atoms with Crippen LogP contribution in [0.1, 0.15) is 6.42 Å². The Labute approximate surface area is 89.6 Å². The fraction of sp³-hybridized carbons (Fsp3) is 0.857. The van der Waals surface area contributed by atoms with Crippen LogP contribution in [0, 0.1) is 0 Å². The van der Waals surface area contributed by atoms with E-state index in [1.165, 1.54) is 0 Å². The van der Waals surface area contributed by atoms with Gasteiger partial charge in [-0.3, -0.25) is 9.35 Å². The molecule has 4 N–H and O–H groups in total. The van der Waals surface area contributed by atoms with Crippen LogP contribution in [-0.2, 0) is 14.9 Å². The van der Waals surface area contributed by atoms with Crippen molar-refractivity contribution in [2.45, 2.75) is 6.42 Å². The van der Waals surface area contributed by atoms with Crippen molar-refractivity contribution in [3.63, 3.8) is 0 Å². The summed E-state index contributed by atoms with van der Waals surface area (Å²) in [6, 6.07) is 0. The van der Waals surface area contributed by atoms with Crippen molar-refractivity contribution in [3.8, 4) is 0 Å². The maximum atomic E-state index is 10.1. The van der Waals surface area contributed by atoms with Gasteiger partial charge >= 0.3 is 5.97 Å². The van der Waals surface area contributed by atoms with Gasteiger partial charge in [-0.1, -0.05) is 0 Å². The summed E-state index contributed by atoms with van der Waals surface area (Å²) in [5.41, 5.74) is 4.57. The van der Waals surface area contributed by atoms with Crippen molar-refractivity contribution in [1.29, 1.82) is 0 Å². The van der Waals surface area contributed by atoms with Gasteiger partial charge in [0.05, 0.1) is 12.3 Å². The molecular weight excluding hydrogens is 224 g/mol. The first-order chi connectivity index (χ1) is 6.69. The van der Waals surface area contributed by atoms with E-state index in [9.17, 15) is 13.2 Å². The van der Waals surface area contributed by atoms with Crippen molar-refractivity contribution >= 4 is 16.1 Å². The summed E-state index contributed by atoms with van der Waals surface area (Å²) < 4.78 is 28.6. The molecule has 92 valence electrons. The van der Waals surface area contributed by atoms with Crippen molar-refractivity contribution in [1.82, 2.24) is 4.90 Å². The Balaban J connectivity index is 0. The predicted molar refractivity (Wildman–Crippen MR) is 56.3 cm³/mol. The highest BCUT2D eigenvalue weighted by atomic mass is 32.2. The molecule has 0 amide bonds. The number of nitrogens with zero attached hydrogens (tertiary/aromatic N) is 1. The van der Waals surface area contributed by atoms with Crippen LogP contribution in [0.3, 0.4) is 0 Å². The molecule has 0 bridgehead atoms. The Bertz CT molecular complexity index is 263. The van der Waals surface area contributed by atoms with Gasteiger partial charge in [-0.15, -0.1) is 0 Å². The van der Waals surface area contributed by atoms with E-state index in [1.54, 1.807) is 0 Å². The van der Waals surface area contributed by atoms with Crippen LogP contribution >= 0.6 is 0 Å². The second-order valence-corrected chi connectivity index (χ2v) is 4.61. The Morgan fingerprint density at radius 3 is 2.00 bits per heavy atom. The molecule has 0 aromatic rings. The summed E-state index contributed by atoms with van der Waals surface area (Å²) in [5, 5.41) is 7.60. The summed E-state index contributed by atoms with van der Waals surface area (Å²) in [7, 11) is -0.0441. The largest absolute Gasteiger partial charge is 0.480 e. The lowest BCUT2D eigenvalue weighted by atomic mass is 10.5. The van der Waals surface area contributed by atoms with Crippen LogP contribution in [-0.4, -0.2) is 61.9 Å². The summed E-state index contributed by atoms with van der Waals surface area (Å²) in [4.78, 5) is 11.1. The summed E-state index contributed by atoms with van der Waals surface area (Å²) in [5.74, 6) is -1.12. The molecule has 7 nitrogen and oxygen atoms in total. The first-order valence-corrected chi connectivity index (χ1v) is 5.81. The van der Waals surface area contributed by atoms with Crippen molar-refractivity contribution < 1.29 is 22.9 Å². The Morgan fingerprint density at radius 1 is 1.40 bits per heavy atom. The molecule has 0 aromatic heterocycles. The van der Waals surface area contributed by atoms with E-state index in [1.807, 2.05) is 19.0 Å². The molecule has 0 fully saturated rings. The molecule has 0 aliphatic rings. The van der Waals surface area contributed by atoms with E-state index in [0.717, 1.165) is 0 Å². The Hall–Kier alpha value is -0.700. The molecule has 0 saturated carbocycles. The minimum absolute atomic E-state index is 0.148. The Kier molecular flexibility index (Phi) is 9.58. The minimum atomic E-state index is -3.75. The number of carboxylic acids is 1. The fourth-order valence-corrected chi connectivity index (χ4v) is 1.06. The van der Waals surface area contributed by atoms with Crippen molar-refractivity contribution in [2.75, 3.05) is 32.9 Å². The third-order valence-corrected chi connectivity index (χ3v) is 1.99. The maximum absolute atomic E-state index is 10.1. The standard InChI is InChI=1S/C5H13NO3S.C2H5NO2/c1-6(2)4-3-5-10(7,8)9;3-1-2(4)5/h3-5H2,1-2H3,(H,7,8,9);1,3H2,(H,4,5). The number of carbonyl (C=O) groups is 1. The second-order valence-electron chi connectivity index (χ2n) is 3.04. The van der Waals surface area contributed by atoms with Crippen LogP contribution in [0.25, 0.3) is 0 Å². The lowest BCUT2D eigenvalue weighted by Gasteiger charge is -2.06. The normalized spacial score (nSPS) is 10.7. The summed E-state index contributed by atoms with van der Waals surface area (Å²) in [6.45, 7) is 0.403. The van der Waals surface area contributed by atoms with Crippen LogP contribution in [0.4, 0.5) is 0 Å². The highest BCUT2D eigenvalue weighted by Gasteiger charge is 2.02. The number of aliphatic carboxylic acids is 1. The molecule has 0 radical (unpaired) electrons. The molecule has 0 spiro atoms. The third-order valence-electron chi connectivity index (χ3n) is 1.18. The Morgan fingerprint density at radius 2 is 1.80 bits per heavy atom. The predicted octanol–water partition coefficient (Wildman–Crippen LogP) is -1.14. The molecule has 0 atom stereocenters. The SMILES string of the molecule is CN(C)CCCS(=O)(=O)O.NCC(=O)O. The van der Waals surface area contributed by atoms with Crippen LogP contribution in [0.15, 0.2) is 0 Å². The molecule has 15 heavy (non-hydrogen) atoms. The summed E-state index contributed by atoms with van der Waals surface area (Å²) >= 11 is 0. The van der Waals surface area contributed by atoms with E-state index in [2.05, 4.69) is 5.73 Å². The first kappa shape index (κ1) is 16.7. The van der Waals surface area contributed by atoms with Gasteiger partial charge in [0.2, 0.25) is 0 Å². The number of hydrogen-bond acceptors (Lipinski definition) is 5. The lowest BCUT2D eigenvalue weighted by molar-refractivity contribution is -0.135. The smallest absolute Gasteiger partial charge is 0.317 e. The molecule has 0 unspecified atom stereocenters. The molecule has 0 aliphatic carbocycles. The van der Waals surface area contributed by atoms with Gasteiger partial charge in [-0.2, -0.15) is 8.42 Å². The molecule has 0 rings (SSSR count). The monoisotopic (exact) mass is 242 g/mol. The van der Waals surface area contributed by atoms with Gasteiger partial charge in [0.1, 0.15) is 0 Å². The van der Waals surface area contributed by atoms with E-state index < -0.39 is 16.1 Å². The van der Waals surface area contributed by atoms with Crippen molar-refractivity contribution in [3.05, 3.63) is 0 Å². The van der Waals surface area contributed by atoms with E-state index in [0.29, 0.717) is 13.0 Å². The molecule has 0 heterocycles. The average Bonchev–Trinajstić information content (AvgIpc) is 2.02. The van der Waals surface area contributed by atoms with Gasteiger partial charge < -0.3 is 15.7 Å². The van der Waals surface area contributed by atoms with Crippen LogP contribution in [0.2, 0.25) is 0 Å². The van der Waals surface area contributed by atoms with Gasteiger partial charge in [0.25, 0.3) is 10.1 Å². The highest BCUT2D eigenvalue weighted by molar-refractivity contribution is 7.85. The lowest BCUT2D eigenvalue weighted by Crippen LogP contribution is -2.16. The quantitative estimate of drug-likeness (QED) is 0.521. The van der Waals surface area contributed by atoms with Gasteiger partial charge in [-0.25, -0.2) is 0 Å². The zero-order chi connectivity index (χ0) is 12.5. The number of nitrogens with two attached hydrogens (primary N) is 1. The minimum Gasteiger partial charge on any atom is -0.480 e.